The van der Waals surface area contributed by atoms with Crippen LogP contribution in [0.5, 0.6) is 0 Å². The fraction of sp³-hybridized carbons (Fsp3) is 0.250. The van der Waals surface area contributed by atoms with Crippen molar-refractivity contribution in [3.63, 3.8) is 0 Å². The van der Waals surface area contributed by atoms with E-state index in [1.165, 1.54) is 18.4 Å². The van der Waals surface area contributed by atoms with Gasteiger partial charge in [0.15, 0.2) is 9.84 Å². The zero-order valence-electron chi connectivity index (χ0n) is 15.1. The number of rotatable bonds is 3. The van der Waals surface area contributed by atoms with Crippen molar-refractivity contribution in [1.82, 2.24) is 4.98 Å². The van der Waals surface area contributed by atoms with Crippen LogP contribution < -0.4 is 0 Å². The van der Waals surface area contributed by atoms with E-state index in [1.54, 1.807) is 47.7 Å². The van der Waals surface area contributed by atoms with Crippen LogP contribution in [-0.2, 0) is 15.3 Å². The number of halogens is 1. The van der Waals surface area contributed by atoms with Gasteiger partial charge in [-0.3, -0.25) is 0 Å². The summed E-state index contributed by atoms with van der Waals surface area (Å²) in [4.78, 5) is 6.04. The van der Waals surface area contributed by atoms with Crippen molar-refractivity contribution in [3.8, 4) is 21.7 Å². The predicted molar refractivity (Wildman–Crippen MR) is 105 cm³/mol. The summed E-state index contributed by atoms with van der Waals surface area (Å²) in [6.45, 7) is 6.28. The summed E-state index contributed by atoms with van der Waals surface area (Å²) < 4.78 is 36.7. The van der Waals surface area contributed by atoms with Crippen LogP contribution in [-0.4, -0.2) is 19.7 Å². The van der Waals surface area contributed by atoms with Gasteiger partial charge in [0.25, 0.3) is 0 Å². The molecule has 3 aromatic rings. The van der Waals surface area contributed by atoms with Crippen LogP contribution in [0, 0.1) is 5.82 Å². The molecule has 2 aromatic carbocycles. The highest BCUT2D eigenvalue weighted by molar-refractivity contribution is 7.90. The fourth-order valence-corrected chi connectivity index (χ4v) is 4.27. The molecule has 0 aliphatic heterocycles. The minimum Gasteiger partial charge on any atom is -0.240 e. The van der Waals surface area contributed by atoms with Gasteiger partial charge in [0.05, 0.1) is 20.5 Å². The van der Waals surface area contributed by atoms with Crippen LogP contribution in [0.3, 0.4) is 0 Å². The van der Waals surface area contributed by atoms with Gasteiger partial charge in [-0.15, -0.1) is 11.3 Å². The zero-order valence-corrected chi connectivity index (χ0v) is 16.7. The van der Waals surface area contributed by atoms with Crippen LogP contribution in [0.25, 0.3) is 21.7 Å². The standard InChI is InChI=1S/C20H20FNO2S2/c1-20(2,3)19-22-17(13-5-9-15(21)10-6-13)18(25-19)14-7-11-16(12-8-14)26(4,23)24/h5-12H,1-4H3. The number of benzene rings is 2. The van der Waals surface area contributed by atoms with Crippen molar-refractivity contribution in [3.05, 3.63) is 59.4 Å². The van der Waals surface area contributed by atoms with Gasteiger partial charge in [-0.05, 0) is 42.0 Å². The Morgan fingerprint density at radius 2 is 1.46 bits per heavy atom. The summed E-state index contributed by atoms with van der Waals surface area (Å²) in [7, 11) is -3.24. The average molecular weight is 390 g/mol. The molecular formula is C20H20FNO2S2. The molecule has 3 nitrogen and oxygen atoms in total. The largest absolute Gasteiger partial charge is 0.240 e. The molecule has 0 spiro atoms. The monoisotopic (exact) mass is 389 g/mol. The van der Waals surface area contributed by atoms with Crippen molar-refractivity contribution in [2.24, 2.45) is 0 Å². The van der Waals surface area contributed by atoms with Gasteiger partial charge < -0.3 is 0 Å². The highest BCUT2D eigenvalue weighted by Gasteiger charge is 2.23. The van der Waals surface area contributed by atoms with E-state index < -0.39 is 9.84 Å². The quantitative estimate of drug-likeness (QED) is 0.609. The number of sulfone groups is 1. The Bertz CT molecular complexity index is 1030. The molecule has 1 heterocycles. The molecule has 0 amide bonds. The third kappa shape index (κ3) is 3.86. The lowest BCUT2D eigenvalue weighted by Gasteiger charge is -2.13. The van der Waals surface area contributed by atoms with Crippen LogP contribution in [0.2, 0.25) is 0 Å². The fourth-order valence-electron chi connectivity index (χ4n) is 2.49. The topological polar surface area (TPSA) is 47.0 Å². The maximum atomic E-state index is 13.3. The van der Waals surface area contributed by atoms with E-state index in [9.17, 15) is 12.8 Å². The van der Waals surface area contributed by atoms with Crippen molar-refractivity contribution in [1.29, 1.82) is 0 Å². The third-order valence-corrected chi connectivity index (χ3v) is 6.59. The summed E-state index contributed by atoms with van der Waals surface area (Å²) in [6.07, 6.45) is 1.19. The maximum absolute atomic E-state index is 13.3. The third-order valence-electron chi connectivity index (χ3n) is 3.93. The number of aromatic nitrogens is 1. The highest BCUT2D eigenvalue weighted by Crippen LogP contribution is 2.40. The smallest absolute Gasteiger partial charge is 0.175 e. The molecule has 0 aliphatic rings. The summed E-state index contributed by atoms with van der Waals surface area (Å²) >= 11 is 1.58. The van der Waals surface area contributed by atoms with E-state index >= 15 is 0 Å². The molecule has 136 valence electrons. The van der Waals surface area contributed by atoms with Crippen LogP contribution >= 0.6 is 11.3 Å². The second-order valence-corrected chi connectivity index (χ2v) is 10.3. The van der Waals surface area contributed by atoms with Gasteiger partial charge in [-0.25, -0.2) is 17.8 Å². The normalized spacial score (nSPS) is 12.3. The Labute approximate surface area is 157 Å². The predicted octanol–water partition coefficient (Wildman–Crippen LogP) is 5.32. The van der Waals surface area contributed by atoms with Crippen molar-refractivity contribution < 1.29 is 12.8 Å². The van der Waals surface area contributed by atoms with E-state index in [2.05, 4.69) is 20.8 Å². The first kappa shape index (κ1) is 18.7. The zero-order chi connectivity index (χ0) is 19.1. The number of thiazole rings is 1. The Morgan fingerprint density at radius 1 is 0.923 bits per heavy atom. The molecule has 0 unspecified atom stereocenters. The first-order valence-corrected chi connectivity index (χ1v) is 10.8. The van der Waals surface area contributed by atoms with E-state index in [4.69, 9.17) is 4.98 Å². The summed E-state index contributed by atoms with van der Waals surface area (Å²) in [5, 5.41) is 0.971. The Kier molecular flexibility index (Phi) is 4.75. The Hall–Kier alpha value is -2.05. The molecule has 26 heavy (non-hydrogen) atoms. The van der Waals surface area contributed by atoms with Crippen molar-refractivity contribution in [2.75, 3.05) is 6.26 Å². The first-order valence-electron chi connectivity index (χ1n) is 8.13. The second-order valence-electron chi connectivity index (χ2n) is 7.25. The summed E-state index contributed by atoms with van der Waals surface area (Å²) in [6, 6.07) is 13.1. The van der Waals surface area contributed by atoms with Gasteiger partial charge in [0, 0.05) is 17.2 Å². The molecule has 3 rings (SSSR count). The molecule has 6 heteroatoms. The highest BCUT2D eigenvalue weighted by atomic mass is 32.2. The average Bonchev–Trinajstić information content (AvgIpc) is 3.00. The lowest BCUT2D eigenvalue weighted by molar-refractivity contribution is 0.586. The van der Waals surface area contributed by atoms with Crippen molar-refractivity contribution >= 4 is 21.2 Å². The van der Waals surface area contributed by atoms with Crippen LogP contribution in [0.1, 0.15) is 25.8 Å². The van der Waals surface area contributed by atoms with Gasteiger partial charge >= 0.3 is 0 Å². The maximum Gasteiger partial charge on any atom is 0.175 e. The SMILES string of the molecule is CC(C)(C)c1nc(-c2ccc(F)cc2)c(-c2ccc(S(C)(=O)=O)cc2)s1. The molecular weight excluding hydrogens is 369 g/mol. The van der Waals surface area contributed by atoms with E-state index in [0.717, 1.165) is 26.7 Å². The minimum atomic E-state index is -3.24. The second kappa shape index (κ2) is 6.59. The Morgan fingerprint density at radius 3 is 1.96 bits per heavy atom. The molecule has 1 aromatic heterocycles. The number of hydrogen-bond donors (Lipinski definition) is 0. The molecule has 0 bridgehead atoms. The van der Waals surface area contributed by atoms with Crippen LogP contribution in [0.4, 0.5) is 4.39 Å². The lowest BCUT2D eigenvalue weighted by atomic mass is 9.98. The molecule has 0 saturated heterocycles. The molecule has 0 saturated carbocycles. The number of nitrogens with zero attached hydrogens (tertiary/aromatic N) is 1. The molecule has 0 fully saturated rings. The van der Waals surface area contributed by atoms with Gasteiger partial charge in [0.1, 0.15) is 5.82 Å². The van der Waals surface area contributed by atoms with Crippen LogP contribution in [0.15, 0.2) is 53.4 Å². The van der Waals surface area contributed by atoms with E-state index in [-0.39, 0.29) is 16.1 Å². The van der Waals surface area contributed by atoms with Gasteiger partial charge in [-0.2, -0.15) is 0 Å². The van der Waals surface area contributed by atoms with E-state index in [0.29, 0.717) is 0 Å². The van der Waals surface area contributed by atoms with Crippen molar-refractivity contribution in [2.45, 2.75) is 31.1 Å². The van der Waals surface area contributed by atoms with E-state index in [1.807, 2.05) is 0 Å². The Balaban J connectivity index is 2.16. The minimum absolute atomic E-state index is 0.121. The lowest BCUT2D eigenvalue weighted by Crippen LogP contribution is -2.10. The summed E-state index contributed by atoms with van der Waals surface area (Å²) in [5.41, 5.74) is 2.39. The summed E-state index contributed by atoms with van der Waals surface area (Å²) in [5.74, 6) is -0.293. The molecule has 0 N–H and O–H groups in total. The first-order chi connectivity index (χ1) is 12.1. The van der Waals surface area contributed by atoms with Gasteiger partial charge in [0.2, 0.25) is 0 Å². The molecule has 0 aliphatic carbocycles. The molecule has 0 atom stereocenters. The molecule has 0 radical (unpaired) electrons. The number of hydrogen-bond acceptors (Lipinski definition) is 4. The van der Waals surface area contributed by atoms with Gasteiger partial charge in [-0.1, -0.05) is 32.9 Å².